The molecular formula is C13H17NO3S. The normalized spacial score (nSPS) is 23.1. The van der Waals surface area contributed by atoms with E-state index < -0.39 is 9.84 Å². The second-order valence-corrected chi connectivity index (χ2v) is 6.41. The molecule has 2 N–H and O–H groups in total. The Hall–Kier alpha value is -1.33. The molecule has 1 heterocycles. The first-order valence-electron chi connectivity index (χ1n) is 5.96. The number of hydrogen-bond acceptors (Lipinski definition) is 4. The molecule has 1 aliphatic heterocycles. The minimum atomic E-state index is -3.02. The average Bonchev–Trinajstić information content (AvgIpc) is 2.67. The largest absolute Gasteiger partial charge is 0.508 e. The van der Waals surface area contributed by atoms with Gasteiger partial charge in [-0.2, -0.15) is 0 Å². The van der Waals surface area contributed by atoms with Gasteiger partial charge in [-0.15, -0.1) is 0 Å². The molecule has 4 nitrogen and oxygen atoms in total. The number of aromatic hydroxyl groups is 1. The minimum absolute atomic E-state index is 0.0912. The Morgan fingerprint density at radius 3 is 2.56 bits per heavy atom. The SMILES string of the molecule is CCC(NC1C=CS(=O)(=O)C1)c1ccc(O)cc1. The summed E-state index contributed by atoms with van der Waals surface area (Å²) in [5, 5.41) is 13.8. The van der Waals surface area contributed by atoms with Gasteiger partial charge in [0.2, 0.25) is 0 Å². The van der Waals surface area contributed by atoms with Gasteiger partial charge in [-0.1, -0.05) is 25.1 Å². The smallest absolute Gasteiger partial charge is 0.173 e. The molecule has 0 fully saturated rings. The molecule has 0 spiro atoms. The molecule has 2 rings (SSSR count). The van der Waals surface area contributed by atoms with Crippen LogP contribution in [0.5, 0.6) is 5.75 Å². The second-order valence-electron chi connectivity index (χ2n) is 4.48. The molecule has 0 bridgehead atoms. The molecule has 5 heteroatoms. The zero-order chi connectivity index (χ0) is 13.2. The molecule has 0 saturated carbocycles. The molecule has 0 aliphatic carbocycles. The summed E-state index contributed by atoms with van der Waals surface area (Å²) in [6.07, 6.45) is 2.55. The van der Waals surface area contributed by atoms with E-state index in [1.165, 1.54) is 5.41 Å². The van der Waals surface area contributed by atoms with Crippen molar-refractivity contribution < 1.29 is 13.5 Å². The highest BCUT2D eigenvalue weighted by Gasteiger charge is 2.23. The van der Waals surface area contributed by atoms with Crippen LogP contribution in [0.3, 0.4) is 0 Å². The lowest BCUT2D eigenvalue weighted by Gasteiger charge is -2.21. The van der Waals surface area contributed by atoms with Crippen molar-refractivity contribution in [1.29, 1.82) is 0 Å². The van der Waals surface area contributed by atoms with Crippen molar-refractivity contribution in [3.63, 3.8) is 0 Å². The summed E-state index contributed by atoms with van der Waals surface area (Å²) in [7, 11) is -3.02. The maximum Gasteiger partial charge on any atom is 0.173 e. The van der Waals surface area contributed by atoms with Crippen molar-refractivity contribution >= 4 is 9.84 Å². The Morgan fingerprint density at radius 2 is 2.06 bits per heavy atom. The molecule has 1 aromatic rings. The number of rotatable bonds is 4. The fourth-order valence-corrected chi connectivity index (χ4v) is 3.34. The lowest BCUT2D eigenvalue weighted by Crippen LogP contribution is -2.33. The van der Waals surface area contributed by atoms with Gasteiger partial charge in [0, 0.05) is 17.5 Å². The molecule has 0 aromatic heterocycles. The van der Waals surface area contributed by atoms with Crippen LogP contribution in [-0.4, -0.2) is 25.3 Å². The Morgan fingerprint density at radius 1 is 1.39 bits per heavy atom. The van der Waals surface area contributed by atoms with Gasteiger partial charge >= 0.3 is 0 Å². The third-order valence-corrected chi connectivity index (χ3v) is 4.44. The van der Waals surface area contributed by atoms with Gasteiger partial charge in [0.05, 0.1) is 5.75 Å². The first-order chi connectivity index (χ1) is 8.50. The maximum absolute atomic E-state index is 11.3. The predicted molar refractivity (Wildman–Crippen MR) is 71.0 cm³/mol. The van der Waals surface area contributed by atoms with E-state index in [-0.39, 0.29) is 23.6 Å². The summed E-state index contributed by atoms with van der Waals surface area (Å²) >= 11 is 0. The van der Waals surface area contributed by atoms with Gasteiger partial charge in [-0.05, 0) is 24.1 Å². The van der Waals surface area contributed by atoms with Crippen LogP contribution in [0.25, 0.3) is 0 Å². The summed E-state index contributed by atoms with van der Waals surface area (Å²) in [4.78, 5) is 0. The van der Waals surface area contributed by atoms with Crippen molar-refractivity contribution in [2.75, 3.05) is 5.75 Å². The Bertz CT molecular complexity index is 534. The average molecular weight is 267 g/mol. The summed E-state index contributed by atoms with van der Waals surface area (Å²) in [6.45, 7) is 2.04. The van der Waals surface area contributed by atoms with Crippen LogP contribution >= 0.6 is 0 Å². The van der Waals surface area contributed by atoms with Crippen LogP contribution in [0, 0.1) is 0 Å². The Balaban J connectivity index is 2.07. The Kier molecular flexibility index (Phi) is 3.73. The monoisotopic (exact) mass is 267 g/mol. The second kappa shape index (κ2) is 5.12. The highest BCUT2D eigenvalue weighted by molar-refractivity contribution is 7.94. The minimum Gasteiger partial charge on any atom is -0.508 e. The van der Waals surface area contributed by atoms with E-state index in [1.54, 1.807) is 18.2 Å². The molecule has 2 atom stereocenters. The van der Waals surface area contributed by atoms with E-state index >= 15 is 0 Å². The van der Waals surface area contributed by atoms with Crippen LogP contribution in [0.4, 0.5) is 0 Å². The predicted octanol–water partition coefficient (Wildman–Crippen LogP) is 1.74. The van der Waals surface area contributed by atoms with Gasteiger partial charge in [-0.3, -0.25) is 0 Å². The van der Waals surface area contributed by atoms with Crippen LogP contribution in [0.1, 0.15) is 24.9 Å². The van der Waals surface area contributed by atoms with Crippen LogP contribution in [-0.2, 0) is 9.84 Å². The molecule has 1 aromatic carbocycles. The standard InChI is InChI=1S/C13H17NO3S/c1-2-13(10-3-5-12(15)6-4-10)14-11-7-8-18(16,17)9-11/h3-8,11,13-15H,2,9H2,1H3. The summed E-state index contributed by atoms with van der Waals surface area (Å²) in [5.74, 6) is 0.360. The van der Waals surface area contributed by atoms with Crippen molar-refractivity contribution in [2.45, 2.75) is 25.4 Å². The van der Waals surface area contributed by atoms with Gasteiger partial charge in [-0.25, -0.2) is 8.42 Å². The number of phenols is 1. The summed E-state index contributed by atoms with van der Waals surface area (Å²) in [6, 6.07) is 6.94. The first kappa shape index (κ1) is 13.1. The summed E-state index contributed by atoms with van der Waals surface area (Å²) in [5.41, 5.74) is 1.05. The first-order valence-corrected chi connectivity index (χ1v) is 7.67. The molecule has 1 aliphatic rings. The number of hydrogen-bond donors (Lipinski definition) is 2. The Labute approximate surface area is 107 Å². The molecule has 2 unspecified atom stereocenters. The molecule has 18 heavy (non-hydrogen) atoms. The molecular weight excluding hydrogens is 250 g/mol. The highest BCUT2D eigenvalue weighted by atomic mass is 32.2. The quantitative estimate of drug-likeness (QED) is 0.872. The van der Waals surface area contributed by atoms with Gasteiger partial charge in [0.25, 0.3) is 0 Å². The highest BCUT2D eigenvalue weighted by Crippen LogP contribution is 2.21. The molecule has 0 saturated heterocycles. The zero-order valence-corrected chi connectivity index (χ0v) is 11.0. The van der Waals surface area contributed by atoms with Gasteiger partial charge < -0.3 is 10.4 Å². The van der Waals surface area contributed by atoms with E-state index in [0.29, 0.717) is 0 Å². The van der Waals surface area contributed by atoms with Crippen LogP contribution in [0.2, 0.25) is 0 Å². The van der Waals surface area contributed by atoms with E-state index in [4.69, 9.17) is 0 Å². The molecule has 98 valence electrons. The molecule has 0 amide bonds. The summed E-state index contributed by atoms with van der Waals surface area (Å²) < 4.78 is 22.7. The number of nitrogens with one attached hydrogen (secondary N) is 1. The van der Waals surface area contributed by atoms with E-state index in [2.05, 4.69) is 5.32 Å². The number of phenolic OH excluding ortho intramolecular Hbond substituents is 1. The lowest BCUT2D eigenvalue weighted by atomic mass is 10.0. The van der Waals surface area contributed by atoms with Crippen molar-refractivity contribution in [3.8, 4) is 5.75 Å². The van der Waals surface area contributed by atoms with Crippen molar-refractivity contribution in [1.82, 2.24) is 5.32 Å². The number of benzene rings is 1. The van der Waals surface area contributed by atoms with E-state index in [0.717, 1.165) is 12.0 Å². The number of sulfone groups is 1. The topological polar surface area (TPSA) is 66.4 Å². The maximum atomic E-state index is 11.3. The fourth-order valence-electron chi connectivity index (χ4n) is 2.09. The third-order valence-electron chi connectivity index (χ3n) is 3.05. The van der Waals surface area contributed by atoms with E-state index in [9.17, 15) is 13.5 Å². The van der Waals surface area contributed by atoms with Crippen molar-refractivity contribution in [2.24, 2.45) is 0 Å². The van der Waals surface area contributed by atoms with Gasteiger partial charge in [0.1, 0.15) is 5.75 Å². The fraction of sp³-hybridized carbons (Fsp3) is 0.385. The van der Waals surface area contributed by atoms with Gasteiger partial charge in [0.15, 0.2) is 9.84 Å². The van der Waals surface area contributed by atoms with Crippen LogP contribution < -0.4 is 5.32 Å². The molecule has 0 radical (unpaired) electrons. The van der Waals surface area contributed by atoms with Crippen molar-refractivity contribution in [3.05, 3.63) is 41.3 Å². The van der Waals surface area contributed by atoms with Crippen LogP contribution in [0.15, 0.2) is 35.7 Å². The van der Waals surface area contributed by atoms with E-state index in [1.807, 2.05) is 19.1 Å². The zero-order valence-electron chi connectivity index (χ0n) is 10.2. The third kappa shape index (κ3) is 3.11. The lowest BCUT2D eigenvalue weighted by molar-refractivity contribution is 0.471.